The van der Waals surface area contributed by atoms with Crippen molar-refractivity contribution < 1.29 is 14.0 Å². The molecule has 5 nitrogen and oxygen atoms in total. The Hall–Kier alpha value is -2.83. The molecule has 0 spiro atoms. The first-order valence-electron chi connectivity index (χ1n) is 9.92. The maximum atomic E-state index is 13.2. The standard InChI is InChI=1S/C23H24FN3O2/c24-19-8-10-20(11-9-19)27-22(28)17-21(23(27)29)26-15-13-25(14-16-26)12-4-7-18-5-2-1-3-6-18/h1-11,21H,12-17H2. The van der Waals surface area contributed by atoms with Gasteiger partial charge in [-0.15, -0.1) is 0 Å². The number of halogens is 1. The number of hydrogen-bond acceptors (Lipinski definition) is 4. The largest absolute Gasteiger partial charge is 0.297 e. The molecule has 0 N–H and O–H groups in total. The second-order valence-electron chi connectivity index (χ2n) is 7.41. The van der Waals surface area contributed by atoms with Gasteiger partial charge in [0, 0.05) is 32.7 Å². The SMILES string of the molecule is O=C1CC(N2CCN(CC=Cc3ccccc3)CC2)C(=O)N1c1ccc(F)cc1. The van der Waals surface area contributed by atoms with E-state index in [1.54, 1.807) is 0 Å². The van der Waals surface area contributed by atoms with Crippen LogP contribution in [0.25, 0.3) is 6.08 Å². The van der Waals surface area contributed by atoms with Gasteiger partial charge in [0.1, 0.15) is 5.82 Å². The van der Waals surface area contributed by atoms with Crippen LogP contribution in [-0.4, -0.2) is 60.4 Å². The molecule has 0 saturated carbocycles. The summed E-state index contributed by atoms with van der Waals surface area (Å²) < 4.78 is 13.2. The molecule has 2 aliphatic rings. The van der Waals surface area contributed by atoms with E-state index in [2.05, 4.69) is 34.1 Å². The second-order valence-corrected chi connectivity index (χ2v) is 7.41. The molecule has 1 unspecified atom stereocenters. The number of amides is 2. The van der Waals surface area contributed by atoms with Gasteiger partial charge >= 0.3 is 0 Å². The molecule has 4 rings (SSSR count). The summed E-state index contributed by atoms with van der Waals surface area (Å²) in [6, 6.07) is 15.3. The van der Waals surface area contributed by atoms with Crippen molar-refractivity contribution in [3.63, 3.8) is 0 Å². The summed E-state index contributed by atoms with van der Waals surface area (Å²) in [6.07, 6.45) is 4.46. The third-order valence-electron chi connectivity index (χ3n) is 5.53. The van der Waals surface area contributed by atoms with Crippen LogP contribution in [0.2, 0.25) is 0 Å². The first kappa shape index (κ1) is 19.5. The fourth-order valence-electron chi connectivity index (χ4n) is 3.92. The molecule has 0 radical (unpaired) electrons. The van der Waals surface area contributed by atoms with E-state index in [4.69, 9.17) is 0 Å². The number of carbonyl (C=O) groups is 2. The van der Waals surface area contributed by atoms with Gasteiger partial charge in [0.05, 0.1) is 18.2 Å². The van der Waals surface area contributed by atoms with Crippen molar-refractivity contribution in [2.45, 2.75) is 12.5 Å². The molecule has 29 heavy (non-hydrogen) atoms. The number of anilines is 1. The van der Waals surface area contributed by atoms with Crippen LogP contribution >= 0.6 is 0 Å². The number of carbonyl (C=O) groups excluding carboxylic acids is 2. The summed E-state index contributed by atoms with van der Waals surface area (Å²) >= 11 is 0. The van der Waals surface area contributed by atoms with Gasteiger partial charge in [-0.3, -0.25) is 19.4 Å². The number of benzene rings is 2. The highest BCUT2D eigenvalue weighted by molar-refractivity contribution is 6.22. The van der Waals surface area contributed by atoms with Crippen LogP contribution in [0.1, 0.15) is 12.0 Å². The number of rotatable bonds is 5. The number of hydrogen-bond donors (Lipinski definition) is 0. The Morgan fingerprint density at radius 2 is 1.62 bits per heavy atom. The molecular weight excluding hydrogens is 369 g/mol. The van der Waals surface area contributed by atoms with Crippen molar-refractivity contribution in [3.05, 3.63) is 72.1 Å². The average molecular weight is 393 g/mol. The Morgan fingerprint density at radius 3 is 2.31 bits per heavy atom. The smallest absolute Gasteiger partial charge is 0.251 e. The van der Waals surface area contributed by atoms with Crippen molar-refractivity contribution in [3.8, 4) is 0 Å². The summed E-state index contributed by atoms with van der Waals surface area (Å²) in [7, 11) is 0. The van der Waals surface area contributed by atoms with Crippen LogP contribution in [0.15, 0.2) is 60.7 Å². The Bertz CT molecular complexity index is 890. The number of nitrogens with zero attached hydrogens (tertiary/aromatic N) is 3. The fourth-order valence-corrected chi connectivity index (χ4v) is 3.92. The minimum atomic E-state index is -0.422. The zero-order chi connectivity index (χ0) is 20.2. The van der Waals surface area contributed by atoms with Gasteiger partial charge in [0.25, 0.3) is 5.91 Å². The van der Waals surface area contributed by atoms with Crippen molar-refractivity contribution in [2.75, 3.05) is 37.6 Å². The van der Waals surface area contributed by atoms with Crippen molar-refractivity contribution in [2.24, 2.45) is 0 Å². The Morgan fingerprint density at radius 1 is 0.931 bits per heavy atom. The lowest BCUT2D eigenvalue weighted by molar-refractivity contribution is -0.123. The molecule has 0 bridgehead atoms. The van der Waals surface area contributed by atoms with E-state index in [1.807, 2.05) is 18.2 Å². The summed E-state index contributed by atoms with van der Waals surface area (Å²) in [4.78, 5) is 30.9. The molecule has 2 aliphatic heterocycles. The molecule has 1 atom stereocenters. The lowest BCUT2D eigenvalue weighted by Gasteiger charge is -2.36. The van der Waals surface area contributed by atoms with Crippen LogP contribution in [-0.2, 0) is 9.59 Å². The summed E-state index contributed by atoms with van der Waals surface area (Å²) in [5.74, 6) is -0.819. The van der Waals surface area contributed by atoms with Gasteiger partial charge in [0.2, 0.25) is 5.91 Å². The number of imide groups is 1. The molecule has 2 heterocycles. The quantitative estimate of drug-likeness (QED) is 0.733. The van der Waals surface area contributed by atoms with E-state index in [-0.39, 0.29) is 24.1 Å². The van der Waals surface area contributed by atoms with Crippen LogP contribution < -0.4 is 4.90 Å². The number of piperazine rings is 1. The zero-order valence-corrected chi connectivity index (χ0v) is 16.2. The first-order valence-corrected chi connectivity index (χ1v) is 9.92. The predicted molar refractivity (Wildman–Crippen MR) is 111 cm³/mol. The third-order valence-corrected chi connectivity index (χ3v) is 5.53. The molecule has 2 aromatic carbocycles. The highest BCUT2D eigenvalue weighted by Gasteiger charge is 2.43. The average Bonchev–Trinajstić information content (AvgIpc) is 3.04. The monoisotopic (exact) mass is 393 g/mol. The molecular formula is C23H24FN3O2. The van der Waals surface area contributed by atoms with Crippen molar-refractivity contribution in [1.82, 2.24) is 9.80 Å². The minimum Gasteiger partial charge on any atom is -0.297 e. The topological polar surface area (TPSA) is 43.9 Å². The third kappa shape index (κ3) is 4.44. The lowest BCUT2D eigenvalue weighted by Crippen LogP contribution is -2.52. The van der Waals surface area contributed by atoms with Crippen LogP contribution in [0.4, 0.5) is 10.1 Å². The molecule has 2 saturated heterocycles. The normalized spacial score (nSPS) is 21.4. The maximum Gasteiger partial charge on any atom is 0.251 e. The van der Waals surface area contributed by atoms with E-state index >= 15 is 0 Å². The highest BCUT2D eigenvalue weighted by atomic mass is 19.1. The molecule has 2 fully saturated rings. The lowest BCUT2D eigenvalue weighted by atomic mass is 10.1. The Labute approximate surface area is 170 Å². The van der Waals surface area contributed by atoms with E-state index < -0.39 is 6.04 Å². The van der Waals surface area contributed by atoms with Gasteiger partial charge in [0.15, 0.2) is 0 Å². The summed E-state index contributed by atoms with van der Waals surface area (Å²) in [6.45, 7) is 4.07. The highest BCUT2D eigenvalue weighted by Crippen LogP contribution is 2.26. The van der Waals surface area contributed by atoms with Crippen LogP contribution in [0.5, 0.6) is 0 Å². The predicted octanol–water partition coefficient (Wildman–Crippen LogP) is 2.79. The van der Waals surface area contributed by atoms with Gasteiger partial charge in [-0.25, -0.2) is 9.29 Å². The van der Waals surface area contributed by atoms with E-state index in [1.165, 1.54) is 34.7 Å². The van der Waals surface area contributed by atoms with E-state index in [0.717, 1.165) is 32.7 Å². The summed E-state index contributed by atoms with van der Waals surface area (Å²) in [5, 5.41) is 0. The zero-order valence-electron chi connectivity index (χ0n) is 16.2. The molecule has 2 aromatic rings. The molecule has 6 heteroatoms. The second kappa shape index (κ2) is 8.68. The summed E-state index contributed by atoms with van der Waals surface area (Å²) in [5.41, 5.74) is 1.62. The van der Waals surface area contributed by atoms with Crippen LogP contribution in [0.3, 0.4) is 0 Å². The molecule has 0 aromatic heterocycles. The Balaban J connectivity index is 1.31. The molecule has 150 valence electrons. The van der Waals surface area contributed by atoms with Gasteiger partial charge < -0.3 is 0 Å². The Kier molecular flexibility index (Phi) is 5.83. The van der Waals surface area contributed by atoms with Crippen molar-refractivity contribution >= 4 is 23.6 Å². The molecule has 2 amide bonds. The maximum absolute atomic E-state index is 13.2. The minimum absolute atomic E-state index is 0.185. The van der Waals surface area contributed by atoms with E-state index in [9.17, 15) is 14.0 Å². The van der Waals surface area contributed by atoms with E-state index in [0.29, 0.717) is 5.69 Å². The van der Waals surface area contributed by atoms with Crippen molar-refractivity contribution in [1.29, 1.82) is 0 Å². The fraction of sp³-hybridized carbons (Fsp3) is 0.304. The van der Waals surface area contributed by atoms with Crippen LogP contribution in [0, 0.1) is 5.82 Å². The van der Waals surface area contributed by atoms with Gasteiger partial charge in [-0.1, -0.05) is 42.5 Å². The first-order chi connectivity index (χ1) is 14.1. The van der Waals surface area contributed by atoms with Gasteiger partial charge in [-0.2, -0.15) is 0 Å². The molecule has 0 aliphatic carbocycles. The van der Waals surface area contributed by atoms with Gasteiger partial charge in [-0.05, 0) is 29.8 Å².